The van der Waals surface area contributed by atoms with Crippen LogP contribution in [0, 0.1) is 11.8 Å². The number of carbonyl (C=O) groups is 3. The van der Waals surface area contributed by atoms with E-state index in [9.17, 15) is 27.6 Å². The monoisotopic (exact) mass is 662 g/mol. The van der Waals surface area contributed by atoms with E-state index in [2.05, 4.69) is 19.5 Å². The first-order valence-electron chi connectivity index (χ1n) is 16.9. The van der Waals surface area contributed by atoms with Crippen molar-refractivity contribution in [2.24, 2.45) is 11.8 Å². The number of pyridine rings is 1. The number of amides is 1. The van der Waals surface area contributed by atoms with Crippen LogP contribution in [-0.2, 0) is 6.54 Å². The minimum absolute atomic E-state index is 0.00649. The fraction of sp³-hybridized carbons (Fsp3) is 0.459. The quantitative estimate of drug-likeness (QED) is 0.221. The maximum absolute atomic E-state index is 13.2. The largest absolute Gasteiger partial charge is 0.573 e. The first kappa shape index (κ1) is 33.6. The molecule has 3 fully saturated rings. The summed E-state index contributed by atoms with van der Waals surface area (Å²) in [5, 5.41) is 0. The van der Waals surface area contributed by atoms with Crippen molar-refractivity contribution in [1.82, 2.24) is 14.8 Å². The molecule has 0 bridgehead atoms. The molecule has 0 saturated carbocycles. The van der Waals surface area contributed by atoms with Gasteiger partial charge in [-0.25, -0.2) is 0 Å². The van der Waals surface area contributed by atoms with Crippen LogP contribution in [0.3, 0.4) is 0 Å². The number of hydrogen-bond acceptors (Lipinski definition) is 7. The molecule has 6 rings (SSSR count). The molecule has 48 heavy (non-hydrogen) atoms. The molecular formula is C37H41F3N4O4. The molecule has 0 aliphatic carbocycles. The van der Waals surface area contributed by atoms with Gasteiger partial charge < -0.3 is 14.5 Å². The Balaban J connectivity index is 0.924. The second kappa shape index (κ2) is 14.9. The van der Waals surface area contributed by atoms with Gasteiger partial charge in [0.05, 0.1) is 0 Å². The molecule has 3 saturated heterocycles. The summed E-state index contributed by atoms with van der Waals surface area (Å²) in [5.74, 6) is -0.185. The summed E-state index contributed by atoms with van der Waals surface area (Å²) in [6, 6.07) is 17.1. The molecule has 0 spiro atoms. The highest BCUT2D eigenvalue weighted by atomic mass is 19.4. The molecule has 4 heterocycles. The Labute approximate surface area is 278 Å². The lowest BCUT2D eigenvalue weighted by molar-refractivity contribution is -0.274. The number of rotatable bonds is 10. The Kier molecular flexibility index (Phi) is 10.4. The number of anilines is 1. The summed E-state index contributed by atoms with van der Waals surface area (Å²) in [4.78, 5) is 50.0. The lowest BCUT2D eigenvalue weighted by Crippen LogP contribution is -2.40. The third kappa shape index (κ3) is 8.61. The van der Waals surface area contributed by atoms with Crippen LogP contribution in [0.1, 0.15) is 81.7 Å². The number of hydrogen-bond donors (Lipinski definition) is 0. The standard InChI is InChI=1S/C37H41F3N4O4/c38-37(39,40)48-32-10-3-27(4-11-32)25-42-19-13-26(14-20-42)23-34(45)30-7-12-33(41-24-30)36(47)44-21-15-29(16-22-44)35(46)28-5-8-31(9-6-28)43-17-1-2-18-43/h3-12,24,26,29H,1-2,13-23,25H2. The maximum atomic E-state index is 13.2. The van der Waals surface area contributed by atoms with Crippen molar-refractivity contribution in [3.8, 4) is 5.75 Å². The predicted octanol–water partition coefficient (Wildman–Crippen LogP) is 6.80. The van der Waals surface area contributed by atoms with Crippen molar-refractivity contribution in [2.75, 3.05) is 44.2 Å². The highest BCUT2D eigenvalue weighted by Crippen LogP contribution is 2.28. The lowest BCUT2D eigenvalue weighted by atomic mass is 9.88. The van der Waals surface area contributed by atoms with Crippen molar-refractivity contribution < 1.29 is 32.3 Å². The van der Waals surface area contributed by atoms with Crippen LogP contribution < -0.4 is 9.64 Å². The lowest BCUT2D eigenvalue weighted by Gasteiger charge is -2.31. The van der Waals surface area contributed by atoms with E-state index in [1.807, 2.05) is 24.3 Å². The Hall–Kier alpha value is -4.25. The van der Waals surface area contributed by atoms with E-state index in [0.717, 1.165) is 55.8 Å². The van der Waals surface area contributed by atoms with Crippen LogP contribution in [0.4, 0.5) is 18.9 Å². The highest BCUT2D eigenvalue weighted by Gasteiger charge is 2.31. The first-order chi connectivity index (χ1) is 23.1. The molecule has 8 nitrogen and oxygen atoms in total. The molecule has 0 radical (unpaired) electrons. The van der Waals surface area contributed by atoms with Crippen LogP contribution in [0.5, 0.6) is 5.75 Å². The van der Waals surface area contributed by atoms with Gasteiger partial charge in [0, 0.05) is 68.1 Å². The molecular weight excluding hydrogens is 621 g/mol. The van der Waals surface area contributed by atoms with Crippen molar-refractivity contribution >= 4 is 23.2 Å². The summed E-state index contributed by atoms with van der Waals surface area (Å²) < 4.78 is 41.1. The second-order valence-corrected chi connectivity index (χ2v) is 13.1. The van der Waals surface area contributed by atoms with Gasteiger partial charge >= 0.3 is 6.36 Å². The van der Waals surface area contributed by atoms with Crippen molar-refractivity contribution in [1.29, 1.82) is 0 Å². The molecule has 1 amide bonds. The smallest absolute Gasteiger partial charge is 0.406 e. The Morgan fingerprint density at radius 2 is 1.42 bits per heavy atom. The van der Waals surface area contributed by atoms with E-state index in [1.54, 1.807) is 29.2 Å². The number of aromatic nitrogens is 1. The normalized spacial score (nSPS) is 18.2. The topological polar surface area (TPSA) is 83.0 Å². The number of benzene rings is 2. The fourth-order valence-corrected chi connectivity index (χ4v) is 7.02. The van der Waals surface area contributed by atoms with Gasteiger partial charge in [-0.2, -0.15) is 0 Å². The molecule has 3 aromatic rings. The van der Waals surface area contributed by atoms with Crippen molar-refractivity contribution in [3.05, 3.63) is 89.2 Å². The van der Waals surface area contributed by atoms with Gasteiger partial charge in [-0.1, -0.05) is 12.1 Å². The van der Waals surface area contributed by atoms with E-state index < -0.39 is 6.36 Å². The Morgan fingerprint density at radius 3 is 2.02 bits per heavy atom. The minimum Gasteiger partial charge on any atom is -0.406 e. The molecule has 3 aliphatic rings. The summed E-state index contributed by atoms with van der Waals surface area (Å²) in [7, 11) is 0. The third-order valence-corrected chi connectivity index (χ3v) is 9.82. The van der Waals surface area contributed by atoms with Gasteiger partial charge in [0.15, 0.2) is 11.6 Å². The third-order valence-electron chi connectivity index (χ3n) is 9.82. The van der Waals surface area contributed by atoms with Crippen LogP contribution in [0.25, 0.3) is 0 Å². The van der Waals surface area contributed by atoms with E-state index in [0.29, 0.717) is 50.2 Å². The molecule has 3 aliphatic heterocycles. The number of ether oxygens (including phenoxy) is 1. The van der Waals surface area contributed by atoms with E-state index in [4.69, 9.17) is 0 Å². The van der Waals surface area contributed by atoms with Crippen LogP contribution in [0.2, 0.25) is 0 Å². The molecule has 11 heteroatoms. The van der Waals surface area contributed by atoms with E-state index in [1.165, 1.54) is 31.2 Å². The molecule has 2 aromatic carbocycles. The SMILES string of the molecule is O=C(CC1CCN(Cc2ccc(OC(F)(F)F)cc2)CC1)c1ccc(C(=O)N2CCC(C(=O)c3ccc(N4CCCC4)cc3)CC2)nc1. The van der Waals surface area contributed by atoms with Gasteiger partial charge in [-0.3, -0.25) is 24.3 Å². The average molecular weight is 663 g/mol. The van der Waals surface area contributed by atoms with Crippen LogP contribution in [0.15, 0.2) is 66.9 Å². The zero-order chi connectivity index (χ0) is 33.7. The van der Waals surface area contributed by atoms with E-state index in [-0.39, 0.29) is 35.1 Å². The second-order valence-electron chi connectivity index (χ2n) is 13.1. The van der Waals surface area contributed by atoms with Crippen LogP contribution in [-0.4, -0.2) is 77.9 Å². The van der Waals surface area contributed by atoms with Crippen molar-refractivity contribution in [3.63, 3.8) is 0 Å². The number of carbonyl (C=O) groups excluding carboxylic acids is 3. The number of nitrogens with zero attached hydrogens (tertiary/aromatic N) is 4. The summed E-state index contributed by atoms with van der Waals surface area (Å²) in [6.45, 7) is 5.29. The van der Waals surface area contributed by atoms with Gasteiger partial charge in [0.25, 0.3) is 5.91 Å². The number of Topliss-reactive ketones (excluding diaryl/α,β-unsaturated/α-hetero) is 2. The molecule has 1 aromatic heterocycles. The predicted molar refractivity (Wildman–Crippen MR) is 175 cm³/mol. The fourth-order valence-electron chi connectivity index (χ4n) is 7.02. The average Bonchev–Trinajstić information content (AvgIpc) is 3.64. The molecule has 0 atom stereocenters. The molecule has 0 unspecified atom stereocenters. The van der Waals surface area contributed by atoms with Crippen molar-refractivity contribution in [2.45, 2.75) is 57.9 Å². The summed E-state index contributed by atoms with van der Waals surface area (Å²) in [6.07, 6.45) is 2.48. The van der Waals surface area contributed by atoms with Crippen LogP contribution >= 0.6 is 0 Å². The number of alkyl halides is 3. The highest BCUT2D eigenvalue weighted by molar-refractivity contribution is 5.99. The number of ketones is 2. The molecule has 254 valence electrons. The van der Waals surface area contributed by atoms with Gasteiger partial charge in [-0.15, -0.1) is 13.2 Å². The summed E-state index contributed by atoms with van der Waals surface area (Å²) >= 11 is 0. The molecule has 0 N–H and O–H groups in total. The number of halogens is 3. The van der Waals surface area contributed by atoms with Gasteiger partial charge in [-0.05, 0) is 112 Å². The van der Waals surface area contributed by atoms with Gasteiger partial charge in [0.2, 0.25) is 0 Å². The Morgan fingerprint density at radius 1 is 0.771 bits per heavy atom. The number of piperidine rings is 2. The first-order valence-corrected chi connectivity index (χ1v) is 16.9. The zero-order valence-corrected chi connectivity index (χ0v) is 27.0. The number of likely N-dealkylation sites (tertiary alicyclic amines) is 2. The van der Waals surface area contributed by atoms with Gasteiger partial charge in [0.1, 0.15) is 11.4 Å². The maximum Gasteiger partial charge on any atom is 0.573 e. The summed E-state index contributed by atoms with van der Waals surface area (Å²) in [5.41, 5.74) is 3.56. The van der Waals surface area contributed by atoms with E-state index >= 15 is 0 Å². The Bertz CT molecular complexity index is 1560. The zero-order valence-electron chi connectivity index (χ0n) is 27.0. The minimum atomic E-state index is -4.71.